The largest absolute Gasteiger partial charge is 0.428 e. The Labute approximate surface area is 149 Å². The lowest BCUT2D eigenvalue weighted by Gasteiger charge is -2.04. The van der Waals surface area contributed by atoms with E-state index in [1.807, 2.05) is 42.5 Å². The summed E-state index contributed by atoms with van der Waals surface area (Å²) in [5.74, 6) is -0.103. The first-order valence-corrected chi connectivity index (χ1v) is 8.46. The highest BCUT2D eigenvalue weighted by Crippen LogP contribution is 2.21. The molecule has 26 heavy (non-hydrogen) atoms. The monoisotopic (exact) mass is 349 g/mol. The Kier molecular flexibility index (Phi) is 4.01. The Hall–Kier alpha value is -3.41. The molecule has 2 heterocycles. The van der Waals surface area contributed by atoms with Gasteiger partial charge < -0.3 is 15.7 Å². The SMILES string of the molecule is O=C(Cc1cn(O)c2ccccc12)NCCc1cn(O)c2ccccc12. The number of carbonyl (C=O) groups excluding carboxylic acids is 1. The lowest BCUT2D eigenvalue weighted by Crippen LogP contribution is -2.27. The van der Waals surface area contributed by atoms with Gasteiger partial charge in [0, 0.05) is 29.7 Å². The van der Waals surface area contributed by atoms with Gasteiger partial charge in [0.15, 0.2) is 0 Å². The molecular weight excluding hydrogens is 330 g/mol. The number of rotatable bonds is 5. The van der Waals surface area contributed by atoms with E-state index in [1.165, 1.54) is 0 Å². The number of benzene rings is 2. The number of nitrogens with zero attached hydrogens (tertiary/aromatic N) is 2. The third kappa shape index (κ3) is 2.86. The van der Waals surface area contributed by atoms with Crippen molar-refractivity contribution >= 4 is 27.7 Å². The van der Waals surface area contributed by atoms with Crippen molar-refractivity contribution in [1.82, 2.24) is 14.8 Å². The molecular formula is C20H19N3O3. The molecule has 6 nitrogen and oxygen atoms in total. The second kappa shape index (κ2) is 6.48. The van der Waals surface area contributed by atoms with E-state index in [1.54, 1.807) is 18.5 Å². The standard InChI is InChI=1S/C20H19N3O3/c24-20(11-15-13-23(26)19-8-4-2-6-17(15)19)21-10-9-14-12-22(25)18-7-3-1-5-16(14)18/h1-8,12-13,25-26H,9-11H2,(H,21,24). The van der Waals surface area contributed by atoms with Crippen LogP contribution in [0.5, 0.6) is 0 Å². The number of nitrogens with one attached hydrogen (secondary N) is 1. The van der Waals surface area contributed by atoms with Crippen LogP contribution in [0.1, 0.15) is 11.1 Å². The summed E-state index contributed by atoms with van der Waals surface area (Å²) in [5.41, 5.74) is 3.21. The van der Waals surface area contributed by atoms with Crippen LogP contribution in [-0.4, -0.2) is 32.3 Å². The third-order valence-corrected chi connectivity index (χ3v) is 4.62. The minimum atomic E-state index is -0.103. The van der Waals surface area contributed by atoms with Gasteiger partial charge in [-0.2, -0.15) is 9.46 Å². The lowest BCUT2D eigenvalue weighted by atomic mass is 10.1. The molecule has 0 unspecified atom stereocenters. The maximum absolute atomic E-state index is 12.3. The molecule has 4 rings (SSSR count). The van der Waals surface area contributed by atoms with Crippen molar-refractivity contribution in [1.29, 1.82) is 0 Å². The first-order chi connectivity index (χ1) is 12.6. The van der Waals surface area contributed by atoms with Crippen molar-refractivity contribution in [3.05, 3.63) is 72.1 Å². The summed E-state index contributed by atoms with van der Waals surface area (Å²) in [6.45, 7) is 0.477. The van der Waals surface area contributed by atoms with Crippen molar-refractivity contribution in [3.8, 4) is 0 Å². The molecule has 0 aliphatic heterocycles. The molecule has 1 amide bonds. The first kappa shape index (κ1) is 16.1. The molecule has 0 aliphatic rings. The maximum Gasteiger partial charge on any atom is 0.224 e. The quantitative estimate of drug-likeness (QED) is 0.485. The van der Waals surface area contributed by atoms with Gasteiger partial charge in [0.05, 0.1) is 17.5 Å². The molecule has 0 saturated heterocycles. The Balaban J connectivity index is 1.41. The van der Waals surface area contributed by atoms with Gasteiger partial charge in [-0.15, -0.1) is 0 Å². The zero-order valence-electron chi connectivity index (χ0n) is 14.1. The molecule has 0 radical (unpaired) electrons. The minimum Gasteiger partial charge on any atom is -0.428 e. The van der Waals surface area contributed by atoms with Gasteiger partial charge in [-0.05, 0) is 29.7 Å². The van der Waals surface area contributed by atoms with Crippen LogP contribution in [0, 0.1) is 0 Å². The molecule has 6 heteroatoms. The summed E-state index contributed by atoms with van der Waals surface area (Å²) in [4.78, 5) is 12.3. The van der Waals surface area contributed by atoms with Crippen molar-refractivity contribution in [2.45, 2.75) is 12.8 Å². The van der Waals surface area contributed by atoms with Gasteiger partial charge in [-0.3, -0.25) is 4.79 Å². The normalized spacial score (nSPS) is 11.2. The number of para-hydroxylation sites is 2. The summed E-state index contributed by atoms with van der Waals surface area (Å²) in [6, 6.07) is 15.0. The summed E-state index contributed by atoms with van der Waals surface area (Å²) in [5, 5.41) is 24.5. The molecule has 2 aromatic heterocycles. The molecule has 0 bridgehead atoms. The van der Waals surface area contributed by atoms with Gasteiger partial charge in [0.25, 0.3) is 0 Å². The molecule has 0 fully saturated rings. The lowest BCUT2D eigenvalue weighted by molar-refractivity contribution is -0.120. The van der Waals surface area contributed by atoms with Crippen molar-refractivity contribution < 1.29 is 15.2 Å². The Morgan fingerprint density at radius 1 is 0.846 bits per heavy atom. The van der Waals surface area contributed by atoms with Crippen LogP contribution >= 0.6 is 0 Å². The number of hydrogen-bond acceptors (Lipinski definition) is 3. The van der Waals surface area contributed by atoms with E-state index >= 15 is 0 Å². The third-order valence-electron chi connectivity index (χ3n) is 4.62. The molecule has 3 N–H and O–H groups in total. The molecule has 2 aromatic carbocycles. The van der Waals surface area contributed by atoms with Crippen molar-refractivity contribution in [2.24, 2.45) is 0 Å². The van der Waals surface area contributed by atoms with E-state index in [-0.39, 0.29) is 12.3 Å². The summed E-state index contributed by atoms with van der Waals surface area (Å²) >= 11 is 0. The fourth-order valence-electron chi connectivity index (χ4n) is 3.38. The molecule has 0 atom stereocenters. The van der Waals surface area contributed by atoms with Crippen molar-refractivity contribution in [2.75, 3.05) is 6.54 Å². The van der Waals surface area contributed by atoms with Gasteiger partial charge in [-0.25, -0.2) is 0 Å². The predicted octanol–water partition coefficient (Wildman–Crippen LogP) is 2.97. The van der Waals surface area contributed by atoms with Gasteiger partial charge in [-0.1, -0.05) is 36.4 Å². The summed E-state index contributed by atoms with van der Waals surface area (Å²) in [6.07, 6.45) is 4.08. The molecule has 4 aromatic rings. The highest BCUT2D eigenvalue weighted by Gasteiger charge is 2.12. The van der Waals surface area contributed by atoms with E-state index in [0.29, 0.717) is 18.5 Å². The summed E-state index contributed by atoms with van der Waals surface area (Å²) < 4.78 is 2.16. The number of amides is 1. The van der Waals surface area contributed by atoms with Crippen LogP contribution in [0.4, 0.5) is 0 Å². The molecule has 0 saturated carbocycles. The molecule has 0 aliphatic carbocycles. The summed E-state index contributed by atoms with van der Waals surface area (Å²) in [7, 11) is 0. The van der Waals surface area contributed by atoms with Crippen molar-refractivity contribution in [3.63, 3.8) is 0 Å². The van der Waals surface area contributed by atoms with Gasteiger partial charge >= 0.3 is 0 Å². The van der Waals surface area contributed by atoms with E-state index in [0.717, 1.165) is 36.9 Å². The fourth-order valence-corrected chi connectivity index (χ4v) is 3.38. The zero-order chi connectivity index (χ0) is 18.1. The van der Waals surface area contributed by atoms with Gasteiger partial charge in [0.2, 0.25) is 5.91 Å². The Morgan fingerprint density at radius 2 is 1.38 bits per heavy atom. The average Bonchev–Trinajstić information content (AvgIpc) is 3.13. The zero-order valence-corrected chi connectivity index (χ0v) is 14.1. The average molecular weight is 349 g/mol. The predicted molar refractivity (Wildman–Crippen MR) is 98.7 cm³/mol. The van der Waals surface area contributed by atoms with E-state index in [9.17, 15) is 15.2 Å². The molecule has 0 spiro atoms. The van der Waals surface area contributed by atoms with Gasteiger partial charge in [0.1, 0.15) is 0 Å². The Morgan fingerprint density at radius 3 is 2.04 bits per heavy atom. The second-order valence-electron chi connectivity index (χ2n) is 6.31. The maximum atomic E-state index is 12.3. The highest BCUT2D eigenvalue weighted by molar-refractivity contribution is 5.89. The smallest absolute Gasteiger partial charge is 0.224 e. The van der Waals surface area contributed by atoms with Crippen LogP contribution in [-0.2, 0) is 17.6 Å². The second-order valence-corrected chi connectivity index (χ2v) is 6.31. The van der Waals surface area contributed by atoms with E-state index in [4.69, 9.17) is 0 Å². The number of aromatic nitrogens is 2. The first-order valence-electron chi connectivity index (χ1n) is 8.46. The van der Waals surface area contributed by atoms with E-state index < -0.39 is 0 Å². The van der Waals surface area contributed by atoms with E-state index in [2.05, 4.69) is 5.32 Å². The fraction of sp³-hybridized carbons (Fsp3) is 0.150. The van der Waals surface area contributed by atoms with Crippen LogP contribution in [0.15, 0.2) is 60.9 Å². The Bertz CT molecular complexity index is 1090. The highest BCUT2D eigenvalue weighted by atomic mass is 16.5. The molecule has 132 valence electrons. The van der Waals surface area contributed by atoms with Crippen LogP contribution < -0.4 is 5.32 Å². The number of hydrogen-bond donors (Lipinski definition) is 3. The number of fused-ring (bicyclic) bond motifs is 2. The van der Waals surface area contributed by atoms with Crippen LogP contribution in [0.2, 0.25) is 0 Å². The minimum absolute atomic E-state index is 0.103. The van der Waals surface area contributed by atoms with Crippen LogP contribution in [0.25, 0.3) is 21.8 Å². The number of carbonyl (C=O) groups is 1. The van der Waals surface area contributed by atoms with Crippen LogP contribution in [0.3, 0.4) is 0 Å². The topological polar surface area (TPSA) is 79.4 Å².